The number of hydrogen-bond donors (Lipinski definition) is 2. The van der Waals surface area contributed by atoms with Gasteiger partial charge in [0, 0.05) is 31.5 Å². The number of aromatic nitrogens is 2. The van der Waals surface area contributed by atoms with Gasteiger partial charge in [-0.2, -0.15) is 5.10 Å². The Morgan fingerprint density at radius 1 is 1.37 bits per heavy atom. The number of nitrogens with zero attached hydrogens (tertiary/aromatic N) is 2. The Hall–Kier alpha value is -2.30. The van der Waals surface area contributed by atoms with Gasteiger partial charge >= 0.3 is 0 Å². The Balaban J connectivity index is 2.15. The van der Waals surface area contributed by atoms with E-state index in [1.165, 1.54) is 0 Å². The molecule has 1 aromatic carbocycles. The summed E-state index contributed by atoms with van der Waals surface area (Å²) in [5.74, 6) is 0.00425. The highest BCUT2D eigenvalue weighted by Crippen LogP contribution is 2.18. The van der Waals surface area contributed by atoms with E-state index in [0.29, 0.717) is 12.1 Å². The molecule has 2 N–H and O–H groups in total. The van der Waals surface area contributed by atoms with Gasteiger partial charge < -0.3 is 10.2 Å². The largest absolute Gasteiger partial charge is 0.379 e. The van der Waals surface area contributed by atoms with Crippen molar-refractivity contribution in [2.45, 2.75) is 13.5 Å². The van der Waals surface area contributed by atoms with Crippen molar-refractivity contribution in [2.24, 2.45) is 0 Å². The average Bonchev–Trinajstić information content (AvgIpc) is 2.90. The molecular weight excluding hydrogens is 240 g/mol. The van der Waals surface area contributed by atoms with Crippen LogP contribution in [0.25, 0.3) is 0 Å². The van der Waals surface area contributed by atoms with Crippen molar-refractivity contribution >= 4 is 11.6 Å². The van der Waals surface area contributed by atoms with Gasteiger partial charge in [0.1, 0.15) is 0 Å². The molecule has 0 aliphatic heterocycles. The molecule has 2 rings (SSSR count). The molecule has 19 heavy (non-hydrogen) atoms. The number of hydrogen-bond acceptors (Lipinski definition) is 3. The molecule has 1 aromatic heterocycles. The van der Waals surface area contributed by atoms with Crippen LogP contribution in [0.15, 0.2) is 30.5 Å². The van der Waals surface area contributed by atoms with Crippen molar-refractivity contribution in [1.82, 2.24) is 15.1 Å². The van der Waals surface area contributed by atoms with Crippen LogP contribution in [0.1, 0.15) is 21.6 Å². The van der Waals surface area contributed by atoms with Crippen molar-refractivity contribution in [2.75, 3.05) is 19.4 Å². The topological polar surface area (TPSA) is 61.0 Å². The second-order valence-corrected chi connectivity index (χ2v) is 4.66. The van der Waals surface area contributed by atoms with Crippen molar-refractivity contribution in [1.29, 1.82) is 0 Å². The van der Waals surface area contributed by atoms with Crippen molar-refractivity contribution in [3.63, 3.8) is 0 Å². The zero-order chi connectivity index (χ0) is 13.8. The molecule has 100 valence electrons. The number of benzene rings is 1. The van der Waals surface area contributed by atoms with Gasteiger partial charge in [-0.3, -0.25) is 9.89 Å². The monoisotopic (exact) mass is 258 g/mol. The molecule has 0 aliphatic rings. The summed E-state index contributed by atoms with van der Waals surface area (Å²) in [4.78, 5) is 13.5. The Morgan fingerprint density at radius 2 is 2.16 bits per heavy atom. The number of carbonyl (C=O) groups is 1. The first-order valence-corrected chi connectivity index (χ1v) is 6.12. The highest BCUT2D eigenvalue weighted by molar-refractivity contribution is 5.95. The van der Waals surface area contributed by atoms with Crippen LogP contribution in [0.3, 0.4) is 0 Å². The summed E-state index contributed by atoms with van der Waals surface area (Å²) in [5.41, 5.74) is 3.75. The number of rotatable bonds is 4. The number of carbonyl (C=O) groups excluding carboxylic acids is 1. The first kappa shape index (κ1) is 13.1. The zero-order valence-electron chi connectivity index (χ0n) is 11.4. The summed E-state index contributed by atoms with van der Waals surface area (Å²) < 4.78 is 0. The second-order valence-electron chi connectivity index (χ2n) is 4.66. The molecule has 1 heterocycles. The van der Waals surface area contributed by atoms with Gasteiger partial charge in [0.2, 0.25) is 0 Å². The Bertz CT molecular complexity index is 561. The van der Waals surface area contributed by atoms with Crippen molar-refractivity contribution in [3.8, 4) is 0 Å². The third-order valence-electron chi connectivity index (χ3n) is 2.92. The van der Waals surface area contributed by atoms with Gasteiger partial charge in [-0.05, 0) is 30.7 Å². The van der Waals surface area contributed by atoms with E-state index in [2.05, 4.69) is 15.5 Å². The maximum Gasteiger partial charge on any atom is 0.253 e. The minimum atomic E-state index is 0.00425. The van der Waals surface area contributed by atoms with Crippen LogP contribution in [0.5, 0.6) is 0 Å². The zero-order valence-corrected chi connectivity index (χ0v) is 11.4. The van der Waals surface area contributed by atoms with Crippen molar-refractivity contribution < 1.29 is 4.79 Å². The van der Waals surface area contributed by atoms with Gasteiger partial charge in [-0.1, -0.05) is 6.07 Å². The molecule has 0 fully saturated rings. The minimum absolute atomic E-state index is 0.00425. The maximum atomic E-state index is 11.9. The summed E-state index contributed by atoms with van der Waals surface area (Å²) in [6.45, 7) is 2.67. The molecule has 5 heteroatoms. The summed E-state index contributed by atoms with van der Waals surface area (Å²) in [6, 6.07) is 7.59. The summed E-state index contributed by atoms with van der Waals surface area (Å²) >= 11 is 0. The number of anilines is 1. The minimum Gasteiger partial charge on any atom is -0.379 e. The predicted octanol–water partition coefficient (Wildman–Crippen LogP) is 2.03. The van der Waals surface area contributed by atoms with E-state index in [0.717, 1.165) is 16.9 Å². The maximum absolute atomic E-state index is 11.9. The molecule has 0 unspecified atom stereocenters. The summed E-state index contributed by atoms with van der Waals surface area (Å²) in [7, 11) is 3.50. The van der Waals surface area contributed by atoms with Gasteiger partial charge in [0.05, 0.1) is 12.2 Å². The van der Waals surface area contributed by atoms with Gasteiger partial charge in [-0.25, -0.2) is 0 Å². The first-order chi connectivity index (χ1) is 9.08. The Kier molecular flexibility index (Phi) is 3.85. The summed E-state index contributed by atoms with van der Waals surface area (Å²) in [5, 5.41) is 10.1. The van der Waals surface area contributed by atoms with E-state index in [4.69, 9.17) is 0 Å². The molecule has 1 amide bonds. The predicted molar refractivity (Wildman–Crippen MR) is 75.1 cm³/mol. The van der Waals surface area contributed by atoms with E-state index in [9.17, 15) is 4.79 Å². The molecular formula is C14H18N4O. The van der Waals surface area contributed by atoms with E-state index in [-0.39, 0.29) is 5.91 Å². The van der Waals surface area contributed by atoms with Gasteiger partial charge in [-0.15, -0.1) is 0 Å². The molecule has 0 aliphatic carbocycles. The standard InChI is InChI=1S/C14H18N4O/c1-10-4-5-11(14(19)18(2)3)8-13(10)15-9-12-6-7-16-17-12/h4-8,15H,9H2,1-3H3,(H,16,17). The van der Waals surface area contributed by atoms with Crippen LogP contribution in [-0.4, -0.2) is 35.1 Å². The van der Waals surface area contributed by atoms with Gasteiger partial charge in [0.25, 0.3) is 5.91 Å². The lowest BCUT2D eigenvalue weighted by Crippen LogP contribution is -2.21. The normalized spacial score (nSPS) is 10.3. The second kappa shape index (κ2) is 5.56. The highest BCUT2D eigenvalue weighted by atomic mass is 16.2. The summed E-state index contributed by atoms with van der Waals surface area (Å²) in [6.07, 6.45) is 1.72. The smallest absolute Gasteiger partial charge is 0.253 e. The van der Waals surface area contributed by atoms with Crippen LogP contribution < -0.4 is 5.32 Å². The lowest BCUT2D eigenvalue weighted by Gasteiger charge is -2.13. The van der Waals surface area contributed by atoms with Crippen LogP contribution in [0.2, 0.25) is 0 Å². The number of aryl methyl sites for hydroxylation is 1. The van der Waals surface area contributed by atoms with E-state index >= 15 is 0 Å². The quantitative estimate of drug-likeness (QED) is 0.882. The van der Waals surface area contributed by atoms with Gasteiger partial charge in [0.15, 0.2) is 0 Å². The molecule has 0 atom stereocenters. The van der Waals surface area contributed by atoms with E-state index < -0.39 is 0 Å². The molecule has 5 nitrogen and oxygen atoms in total. The van der Waals surface area contributed by atoms with Crippen LogP contribution >= 0.6 is 0 Å². The Labute approximate surface area is 112 Å². The third kappa shape index (κ3) is 3.13. The highest BCUT2D eigenvalue weighted by Gasteiger charge is 2.09. The molecule has 0 spiro atoms. The van der Waals surface area contributed by atoms with Crippen LogP contribution in [-0.2, 0) is 6.54 Å². The molecule has 2 aromatic rings. The van der Waals surface area contributed by atoms with Crippen molar-refractivity contribution in [3.05, 3.63) is 47.3 Å². The average molecular weight is 258 g/mol. The fraction of sp³-hybridized carbons (Fsp3) is 0.286. The van der Waals surface area contributed by atoms with E-state index in [1.54, 1.807) is 25.2 Å². The fourth-order valence-electron chi connectivity index (χ4n) is 1.78. The molecule has 0 saturated heterocycles. The third-order valence-corrected chi connectivity index (χ3v) is 2.92. The van der Waals surface area contributed by atoms with Crippen LogP contribution in [0, 0.1) is 6.92 Å². The van der Waals surface area contributed by atoms with Crippen LogP contribution in [0.4, 0.5) is 5.69 Å². The molecule has 0 radical (unpaired) electrons. The number of H-pyrrole nitrogens is 1. The Morgan fingerprint density at radius 3 is 2.79 bits per heavy atom. The number of nitrogens with one attached hydrogen (secondary N) is 2. The SMILES string of the molecule is Cc1ccc(C(=O)N(C)C)cc1NCc1ccn[nH]1. The lowest BCUT2D eigenvalue weighted by atomic mass is 10.1. The van der Waals surface area contributed by atoms with E-state index in [1.807, 2.05) is 31.2 Å². The lowest BCUT2D eigenvalue weighted by molar-refractivity contribution is 0.0827. The number of amides is 1. The first-order valence-electron chi connectivity index (χ1n) is 6.12. The fourth-order valence-corrected chi connectivity index (χ4v) is 1.78. The molecule has 0 saturated carbocycles. The number of aromatic amines is 1. The molecule has 0 bridgehead atoms.